The van der Waals surface area contributed by atoms with Crippen LogP contribution in [0.5, 0.6) is 0 Å². The van der Waals surface area contributed by atoms with E-state index in [4.69, 9.17) is 12.2 Å². The largest absolute Gasteiger partial charge is 1.00 e. The Hall–Kier alpha value is -1.90. The number of H-pyrrole nitrogens is 1. The van der Waals surface area contributed by atoms with E-state index in [1.807, 2.05) is 49.2 Å². The summed E-state index contributed by atoms with van der Waals surface area (Å²) in [5, 5.41) is 3.14. The molecule has 30 heavy (non-hydrogen) atoms. The minimum absolute atomic E-state index is 0. The van der Waals surface area contributed by atoms with E-state index in [9.17, 15) is 9.59 Å². The maximum absolute atomic E-state index is 11.6. The van der Waals surface area contributed by atoms with Crippen LogP contribution in [0.4, 0.5) is 0 Å². The fourth-order valence-corrected chi connectivity index (χ4v) is 3.76. The first-order chi connectivity index (χ1) is 13.6. The van der Waals surface area contributed by atoms with Crippen LogP contribution >= 0.6 is 12.2 Å². The molecule has 168 valence electrons. The van der Waals surface area contributed by atoms with Gasteiger partial charge in [-0.25, -0.2) is 4.98 Å². The first-order valence-electron chi connectivity index (χ1n) is 10.2. The van der Waals surface area contributed by atoms with Gasteiger partial charge in [0.2, 0.25) is 0 Å². The number of likely N-dealkylation sites (N-methyl/N-ethyl adjacent to an activating group) is 2. The maximum atomic E-state index is 11.6. The van der Waals surface area contributed by atoms with Gasteiger partial charge in [0.05, 0.1) is 47.3 Å². The molecule has 1 aliphatic heterocycles. The van der Waals surface area contributed by atoms with Crippen LogP contribution in [0.1, 0.15) is 39.6 Å². The van der Waals surface area contributed by atoms with Crippen LogP contribution in [0, 0.1) is 6.92 Å². The number of ketones is 2. The number of imidazole rings is 1. The molecule has 2 atom stereocenters. The Balaban J connectivity index is 0.000000562. The molecule has 7 nitrogen and oxygen atoms in total. The quantitative estimate of drug-likeness (QED) is 0.481. The lowest BCUT2D eigenvalue weighted by Gasteiger charge is -2.32. The van der Waals surface area contributed by atoms with Gasteiger partial charge in [-0.2, -0.15) is 0 Å². The molecule has 0 fully saturated rings. The molecule has 1 aliphatic rings. The maximum Gasteiger partial charge on any atom is 1.00 e. The van der Waals surface area contributed by atoms with Gasteiger partial charge in [-0.3, -0.25) is 9.59 Å². The van der Waals surface area contributed by atoms with E-state index in [1.165, 1.54) is 0 Å². The van der Waals surface area contributed by atoms with Crippen molar-refractivity contribution >= 4 is 28.8 Å². The Bertz CT molecular complexity index is 806. The minimum Gasteiger partial charge on any atom is -0.353 e. The van der Waals surface area contributed by atoms with Gasteiger partial charge in [-0.15, -0.1) is 0 Å². The molecule has 0 amide bonds. The molecule has 2 rings (SSSR count). The van der Waals surface area contributed by atoms with Gasteiger partial charge in [-0.1, -0.05) is 18.3 Å². The molecular weight excluding hydrogens is 398 g/mol. The van der Waals surface area contributed by atoms with Gasteiger partial charge in [0.25, 0.3) is 0 Å². The molecule has 0 aromatic carbocycles. The summed E-state index contributed by atoms with van der Waals surface area (Å²) in [4.78, 5) is 31.3. The zero-order valence-electron chi connectivity index (χ0n) is 21.0. The molecule has 0 aliphatic carbocycles. The van der Waals surface area contributed by atoms with Gasteiger partial charge in [-0.05, 0) is 6.92 Å². The number of thiocarbonyl (C=S) groups is 1. The third-order valence-electron chi connectivity index (χ3n) is 5.22. The van der Waals surface area contributed by atoms with Crippen molar-refractivity contribution in [2.24, 2.45) is 0 Å². The highest BCUT2D eigenvalue weighted by molar-refractivity contribution is 7.80. The molecule has 1 aromatic heterocycles. The second kappa shape index (κ2) is 10.4. The predicted octanol–water partition coefficient (Wildman–Crippen LogP) is 2.28. The summed E-state index contributed by atoms with van der Waals surface area (Å²) in [6, 6.07) is -0.00509. The number of aromatic amines is 1. The van der Waals surface area contributed by atoms with E-state index in [0.29, 0.717) is 8.97 Å². The highest BCUT2D eigenvalue weighted by atomic mass is 32.1. The number of quaternary nitrogens is 2. The van der Waals surface area contributed by atoms with E-state index in [-0.39, 0.29) is 25.1 Å². The first kappa shape index (κ1) is 26.1. The molecule has 0 saturated heterocycles. The molecule has 0 bridgehead atoms. The lowest BCUT2D eigenvalue weighted by molar-refractivity contribution is -0.886. The topological polar surface area (TPSA) is 74.8 Å². The molecule has 0 spiro atoms. The van der Waals surface area contributed by atoms with Gasteiger partial charge >= 0.3 is 1.43 Å². The van der Waals surface area contributed by atoms with Crippen LogP contribution in [-0.4, -0.2) is 89.9 Å². The Kier molecular flexibility index (Phi) is 9.07. The average Bonchev–Trinajstić information content (AvgIpc) is 3.16. The average molecular weight is 439 g/mol. The summed E-state index contributed by atoms with van der Waals surface area (Å²) in [5.41, 5.74) is 2.12. The summed E-state index contributed by atoms with van der Waals surface area (Å²) in [5.74, 6) is 1.34. The van der Waals surface area contributed by atoms with E-state index >= 15 is 0 Å². The van der Waals surface area contributed by atoms with Gasteiger partial charge in [0.1, 0.15) is 5.82 Å². The molecule has 0 saturated carbocycles. The van der Waals surface area contributed by atoms with Crippen molar-refractivity contribution in [2.45, 2.75) is 52.1 Å². The van der Waals surface area contributed by atoms with Crippen molar-refractivity contribution in [3.05, 3.63) is 29.5 Å². The third kappa shape index (κ3) is 8.45. The van der Waals surface area contributed by atoms with Crippen LogP contribution < -0.4 is 5.32 Å². The third-order valence-corrected chi connectivity index (χ3v) is 5.49. The molecule has 0 radical (unpaired) electrons. The van der Waals surface area contributed by atoms with Crippen LogP contribution in [0.25, 0.3) is 0 Å². The number of Topliss-reactive ketones (excluding diaryl/α,β-unsaturated/α-hetero) is 2. The zero-order valence-corrected chi connectivity index (χ0v) is 20.8. The molecule has 8 heteroatoms. The van der Waals surface area contributed by atoms with Crippen LogP contribution in [0.2, 0.25) is 0 Å². The van der Waals surface area contributed by atoms with E-state index < -0.39 is 0 Å². The number of rotatable bonds is 8. The monoisotopic (exact) mass is 438 g/mol. The molecular formula is C22H40N5O2S+3. The van der Waals surface area contributed by atoms with E-state index in [0.717, 1.165) is 41.5 Å². The molecule has 1 aromatic rings. The smallest absolute Gasteiger partial charge is 0.353 e. The van der Waals surface area contributed by atoms with E-state index in [1.54, 1.807) is 20.0 Å². The van der Waals surface area contributed by atoms with Crippen LogP contribution in [0.15, 0.2) is 18.0 Å². The van der Waals surface area contributed by atoms with Crippen molar-refractivity contribution in [3.8, 4) is 0 Å². The Labute approximate surface area is 188 Å². The summed E-state index contributed by atoms with van der Waals surface area (Å²) in [6.45, 7) is 5.22. The minimum atomic E-state index is -0.00940. The van der Waals surface area contributed by atoms with Crippen molar-refractivity contribution in [1.82, 2.24) is 15.3 Å². The number of aromatic nitrogens is 2. The van der Waals surface area contributed by atoms with Gasteiger partial charge in [0, 0.05) is 50.7 Å². The standard InChI is InChI=1S/C11H20N3O.C11H18N2OS/c1-8(15)11(14(3,4)5)6-10-7-12-9(2)13-10;1-8(14)10(13(2,3)4)7-9-5-6-11(15)12-9/h7,11H,6H2,1-5H3,(H,12,13);5,10H,6-7H2,1-4H3/q+1;/p+2. The molecule has 2 N–H and O–H groups in total. The Morgan fingerprint density at radius 1 is 1.07 bits per heavy atom. The Morgan fingerprint density at radius 2 is 1.57 bits per heavy atom. The molecule has 2 unspecified atom stereocenters. The summed E-state index contributed by atoms with van der Waals surface area (Å²) in [6.07, 6.45) is 6.17. The zero-order chi connectivity index (χ0) is 23.3. The summed E-state index contributed by atoms with van der Waals surface area (Å²) >= 11 is 5.05. The number of aryl methyl sites for hydroxylation is 1. The van der Waals surface area contributed by atoms with Crippen molar-refractivity contribution in [1.29, 1.82) is 0 Å². The van der Waals surface area contributed by atoms with Crippen LogP contribution in [-0.2, 0) is 16.0 Å². The van der Waals surface area contributed by atoms with Crippen molar-refractivity contribution in [2.75, 3.05) is 42.3 Å². The Morgan fingerprint density at radius 3 is 1.90 bits per heavy atom. The number of carbonyl (C=O) groups is 2. The highest BCUT2D eigenvalue weighted by Crippen LogP contribution is 2.17. The van der Waals surface area contributed by atoms with Gasteiger partial charge < -0.3 is 19.3 Å². The fourth-order valence-electron chi connectivity index (χ4n) is 3.55. The second-order valence-corrected chi connectivity index (χ2v) is 10.4. The second-order valence-electron chi connectivity index (χ2n) is 9.87. The number of nitrogens with one attached hydrogen (secondary N) is 2. The lowest BCUT2D eigenvalue weighted by atomic mass is 10.1. The van der Waals surface area contributed by atoms with Crippen LogP contribution in [0.3, 0.4) is 0 Å². The van der Waals surface area contributed by atoms with Crippen molar-refractivity contribution in [3.63, 3.8) is 0 Å². The predicted molar refractivity (Wildman–Crippen MR) is 126 cm³/mol. The highest BCUT2D eigenvalue weighted by Gasteiger charge is 2.30. The summed E-state index contributed by atoms with van der Waals surface area (Å²) < 4.78 is 1.30. The molecule has 2 heterocycles. The SMILES string of the molecule is CC(=O)C(CC1=CCC(=S)N1)[N+](C)(C)C.CC(=O)C(Cc1cnc(C)[nH]1)[N+](C)(C)C.[H+]. The fraction of sp³-hybridized carbons (Fsp3) is 0.636. The lowest BCUT2D eigenvalue weighted by Crippen LogP contribution is -2.50. The normalized spacial score (nSPS) is 16.2. The first-order valence-corrected chi connectivity index (χ1v) is 10.6. The number of hydrogen-bond donors (Lipinski definition) is 2. The number of hydrogen-bond acceptors (Lipinski definition) is 4. The van der Waals surface area contributed by atoms with Crippen molar-refractivity contribution < 1.29 is 20.0 Å². The number of nitrogens with zero attached hydrogens (tertiary/aromatic N) is 3. The number of carbonyl (C=O) groups excluding carboxylic acids is 2. The van der Waals surface area contributed by atoms with Gasteiger partial charge in [0.15, 0.2) is 23.7 Å². The van der Waals surface area contributed by atoms with E-state index in [2.05, 4.69) is 21.4 Å². The summed E-state index contributed by atoms with van der Waals surface area (Å²) in [7, 11) is 12.2.